The van der Waals surface area contributed by atoms with Gasteiger partial charge in [0, 0.05) is 17.5 Å². The van der Waals surface area contributed by atoms with Gasteiger partial charge in [0.2, 0.25) is 6.29 Å². The minimum atomic E-state index is -1.53. The molecule has 35 heavy (non-hydrogen) atoms. The molecule has 4 bridgehead atoms. The molecule has 6 fully saturated rings. The lowest BCUT2D eigenvalue weighted by atomic mass is 9.46. The SMILES string of the molecule is COC1(c2ccc(C)c(O[C@@H]3O[C@H](CO)[C@H](O)[C@H](O)[C@H]3O)c2)OOC12C1CC3CC2CC(Cl)(C3)C1. The summed E-state index contributed by atoms with van der Waals surface area (Å²) in [5.41, 5.74) is 0.829. The molecule has 1 aromatic carbocycles. The lowest BCUT2D eigenvalue weighted by Crippen LogP contribution is -2.78. The van der Waals surface area contributed by atoms with E-state index in [1.165, 1.54) is 0 Å². The van der Waals surface area contributed by atoms with Crippen LogP contribution in [-0.2, 0) is 25.0 Å². The first-order chi connectivity index (χ1) is 16.7. The highest BCUT2D eigenvalue weighted by atomic mass is 35.5. The van der Waals surface area contributed by atoms with Crippen LogP contribution in [0.3, 0.4) is 0 Å². The summed E-state index contributed by atoms with van der Waals surface area (Å²) in [7, 11) is 1.61. The Bertz CT molecular complexity index is 968. The largest absolute Gasteiger partial charge is 0.462 e. The molecule has 4 aliphatic carbocycles. The van der Waals surface area contributed by atoms with E-state index in [4.69, 9.17) is 35.6 Å². The summed E-state index contributed by atoms with van der Waals surface area (Å²) in [6.07, 6.45) is -2.02. The summed E-state index contributed by atoms with van der Waals surface area (Å²) in [4.78, 5) is 11.7. The molecule has 7 rings (SSSR count). The van der Waals surface area contributed by atoms with Crippen molar-refractivity contribution < 1.29 is 44.4 Å². The third kappa shape index (κ3) is 3.30. The van der Waals surface area contributed by atoms with Crippen LogP contribution in [0.1, 0.15) is 43.2 Å². The second kappa shape index (κ2) is 8.24. The van der Waals surface area contributed by atoms with Gasteiger partial charge in [-0.3, -0.25) is 0 Å². The maximum atomic E-state index is 10.4. The van der Waals surface area contributed by atoms with E-state index in [1.54, 1.807) is 13.2 Å². The van der Waals surface area contributed by atoms with Gasteiger partial charge in [-0.15, -0.1) is 11.6 Å². The first-order valence-electron chi connectivity index (χ1n) is 12.4. The highest BCUT2D eigenvalue weighted by Crippen LogP contribution is 2.71. The van der Waals surface area contributed by atoms with Crippen molar-refractivity contribution in [2.24, 2.45) is 17.8 Å². The van der Waals surface area contributed by atoms with Gasteiger partial charge in [0.1, 0.15) is 30.2 Å². The van der Waals surface area contributed by atoms with Gasteiger partial charge in [0.25, 0.3) is 5.79 Å². The van der Waals surface area contributed by atoms with Crippen LogP contribution in [0, 0.1) is 24.7 Å². The Balaban J connectivity index is 1.32. The summed E-state index contributed by atoms with van der Waals surface area (Å²) >= 11 is 6.98. The van der Waals surface area contributed by atoms with Crippen molar-refractivity contribution in [1.82, 2.24) is 0 Å². The van der Waals surface area contributed by atoms with Gasteiger partial charge < -0.3 is 34.6 Å². The molecular formula is C25H33ClO9. The minimum absolute atomic E-state index is 0.176. The number of hydrogen-bond donors (Lipinski definition) is 4. The number of alkyl halides is 1. The van der Waals surface area contributed by atoms with Crippen molar-refractivity contribution in [2.75, 3.05) is 13.7 Å². The highest BCUT2D eigenvalue weighted by molar-refractivity contribution is 6.24. The monoisotopic (exact) mass is 512 g/mol. The van der Waals surface area contributed by atoms with Crippen molar-refractivity contribution in [2.45, 2.75) is 86.0 Å². The quantitative estimate of drug-likeness (QED) is 0.343. The van der Waals surface area contributed by atoms with Gasteiger partial charge in [-0.25, -0.2) is 4.89 Å². The van der Waals surface area contributed by atoms with E-state index >= 15 is 0 Å². The number of hydrogen-bond acceptors (Lipinski definition) is 9. The second-order valence-corrected chi connectivity index (χ2v) is 11.9. The maximum absolute atomic E-state index is 10.4. The maximum Gasteiger partial charge on any atom is 0.260 e. The zero-order valence-electron chi connectivity index (χ0n) is 19.8. The Morgan fingerprint density at radius 3 is 2.31 bits per heavy atom. The molecule has 1 spiro atoms. The molecule has 3 unspecified atom stereocenters. The standard InChI is InChI=1S/C25H33ClO9/c1-12-3-4-14(7-17(12)32-22-21(30)20(29)19(28)18(11-27)33-22)25(31-2)24(34-35-25)15-5-13-6-16(24)10-23(26,8-13)9-15/h3-4,7,13,15-16,18-22,27-30H,5-6,8-11H2,1-2H3/t13?,15?,16?,18-,19+,20+,21-,22-,23?,24?,25?/m1/s1. The Kier molecular flexibility index (Phi) is 5.73. The lowest BCUT2D eigenvalue weighted by molar-refractivity contribution is -0.645. The molecule has 1 aromatic rings. The van der Waals surface area contributed by atoms with Crippen LogP contribution >= 0.6 is 11.6 Å². The number of rotatable bonds is 5. The van der Waals surface area contributed by atoms with Crippen molar-refractivity contribution in [3.8, 4) is 5.75 Å². The number of aliphatic hydroxyl groups is 4. The number of ether oxygens (including phenoxy) is 3. The molecular weight excluding hydrogens is 480 g/mol. The summed E-state index contributed by atoms with van der Waals surface area (Å²) in [5.74, 6) is 0.264. The van der Waals surface area contributed by atoms with Gasteiger partial charge in [-0.2, -0.15) is 4.89 Å². The zero-order chi connectivity index (χ0) is 24.8. The fourth-order valence-corrected chi connectivity index (χ4v) is 8.16. The van der Waals surface area contributed by atoms with Crippen molar-refractivity contribution in [1.29, 1.82) is 0 Å². The van der Waals surface area contributed by atoms with Crippen LogP contribution in [0.2, 0.25) is 0 Å². The van der Waals surface area contributed by atoms with Gasteiger partial charge >= 0.3 is 0 Å². The molecule has 6 aliphatic rings. The predicted molar refractivity (Wildman–Crippen MR) is 121 cm³/mol. The molecule has 0 radical (unpaired) electrons. The average Bonchev–Trinajstić information content (AvgIpc) is 2.80. The predicted octanol–water partition coefficient (Wildman–Crippen LogP) is 1.49. The first-order valence-corrected chi connectivity index (χ1v) is 12.7. The smallest absolute Gasteiger partial charge is 0.260 e. The van der Waals surface area contributed by atoms with Gasteiger partial charge in [0.15, 0.2) is 5.60 Å². The Morgan fingerprint density at radius 1 is 1.03 bits per heavy atom. The van der Waals surface area contributed by atoms with E-state index in [-0.39, 0.29) is 16.7 Å². The summed E-state index contributed by atoms with van der Waals surface area (Å²) in [6, 6.07) is 5.57. The zero-order valence-corrected chi connectivity index (χ0v) is 20.6. The third-order valence-corrected chi connectivity index (χ3v) is 9.55. The molecule has 10 heteroatoms. The van der Waals surface area contributed by atoms with Crippen LogP contribution < -0.4 is 4.74 Å². The molecule has 8 atom stereocenters. The molecule has 4 saturated carbocycles. The van der Waals surface area contributed by atoms with Gasteiger partial charge in [0.05, 0.1) is 6.61 Å². The summed E-state index contributed by atoms with van der Waals surface area (Å²) < 4.78 is 17.6. The van der Waals surface area contributed by atoms with E-state index in [0.717, 1.165) is 37.7 Å². The topological polar surface area (TPSA) is 127 Å². The number of halogens is 1. The first kappa shape index (κ1) is 24.3. The van der Waals surface area contributed by atoms with Crippen LogP contribution in [0.25, 0.3) is 0 Å². The van der Waals surface area contributed by atoms with Crippen molar-refractivity contribution in [3.63, 3.8) is 0 Å². The Hall–Kier alpha value is -1.01. The minimum Gasteiger partial charge on any atom is -0.462 e. The molecule has 4 N–H and O–H groups in total. The van der Waals surface area contributed by atoms with Crippen LogP contribution in [0.5, 0.6) is 5.75 Å². The van der Waals surface area contributed by atoms with Crippen LogP contribution in [0.15, 0.2) is 18.2 Å². The van der Waals surface area contributed by atoms with Crippen molar-refractivity contribution >= 4 is 11.6 Å². The number of methoxy groups -OCH3 is 1. The number of benzene rings is 1. The Morgan fingerprint density at radius 2 is 1.74 bits per heavy atom. The molecule has 2 aliphatic heterocycles. The average molecular weight is 513 g/mol. The second-order valence-electron chi connectivity index (χ2n) is 11.1. The van der Waals surface area contributed by atoms with E-state index < -0.39 is 48.7 Å². The lowest BCUT2D eigenvalue weighted by Gasteiger charge is -2.70. The van der Waals surface area contributed by atoms with Crippen LogP contribution in [0.4, 0.5) is 0 Å². The number of aryl methyl sites for hydroxylation is 1. The normalized spacial score (nSPS) is 50.4. The van der Waals surface area contributed by atoms with Crippen molar-refractivity contribution in [3.05, 3.63) is 29.3 Å². The van der Waals surface area contributed by atoms with Gasteiger partial charge in [-0.1, -0.05) is 12.1 Å². The molecule has 0 aromatic heterocycles. The fraction of sp³-hybridized carbons (Fsp3) is 0.760. The van der Waals surface area contributed by atoms with Gasteiger partial charge in [-0.05, 0) is 68.4 Å². The fourth-order valence-electron chi connectivity index (χ4n) is 7.57. The molecule has 0 amide bonds. The van der Waals surface area contributed by atoms with E-state index in [9.17, 15) is 20.4 Å². The Labute approximate surface area is 208 Å². The molecule has 194 valence electrons. The van der Waals surface area contributed by atoms with E-state index in [2.05, 4.69) is 0 Å². The molecule has 2 saturated heterocycles. The van der Waals surface area contributed by atoms with E-state index in [0.29, 0.717) is 17.2 Å². The summed E-state index contributed by atoms with van der Waals surface area (Å²) in [6.45, 7) is 1.31. The summed E-state index contributed by atoms with van der Waals surface area (Å²) in [5, 5.41) is 40.2. The molecule has 2 heterocycles. The molecule has 9 nitrogen and oxygen atoms in total. The van der Waals surface area contributed by atoms with Crippen LogP contribution in [-0.4, -0.2) is 75.3 Å². The third-order valence-electron chi connectivity index (χ3n) is 9.09. The highest BCUT2D eigenvalue weighted by Gasteiger charge is 2.78. The van der Waals surface area contributed by atoms with E-state index in [1.807, 2.05) is 19.1 Å². The number of aliphatic hydroxyl groups excluding tert-OH is 4.